The number of rotatable bonds is 4. The highest BCUT2D eigenvalue weighted by molar-refractivity contribution is 4.90. The molecule has 0 saturated carbocycles. The summed E-state index contributed by atoms with van der Waals surface area (Å²) in [4.78, 5) is 4.07. The molecular formula is C7H13N3O. The minimum Gasteiger partial charge on any atom is -0.383 e. The summed E-state index contributed by atoms with van der Waals surface area (Å²) in [6.45, 7) is 2.00. The van der Waals surface area contributed by atoms with Crippen LogP contribution < -0.4 is 5.73 Å². The number of hydrogen-bond donors (Lipinski definition) is 1. The molecule has 4 heteroatoms. The third kappa shape index (κ3) is 2.03. The molecule has 0 aromatic carbocycles. The fraction of sp³-hybridized carbons (Fsp3) is 0.571. The second-order valence-electron chi connectivity index (χ2n) is 2.23. The van der Waals surface area contributed by atoms with E-state index in [1.54, 1.807) is 13.3 Å². The molecule has 1 aromatic heterocycles. The largest absolute Gasteiger partial charge is 0.383 e. The van der Waals surface area contributed by atoms with Gasteiger partial charge in [-0.15, -0.1) is 0 Å². The molecule has 0 spiro atoms. The molecule has 0 fully saturated rings. The van der Waals surface area contributed by atoms with Crippen LogP contribution in [0.4, 0.5) is 0 Å². The molecular weight excluding hydrogens is 142 g/mol. The van der Waals surface area contributed by atoms with Crippen LogP contribution in [0, 0.1) is 0 Å². The van der Waals surface area contributed by atoms with Crippen LogP contribution in [-0.2, 0) is 17.8 Å². The molecule has 62 valence electrons. The fourth-order valence-electron chi connectivity index (χ4n) is 0.923. The van der Waals surface area contributed by atoms with Crippen molar-refractivity contribution in [3.05, 3.63) is 18.2 Å². The maximum Gasteiger partial charge on any atom is 0.122 e. The lowest BCUT2D eigenvalue weighted by atomic mass is 10.5. The predicted molar refractivity (Wildman–Crippen MR) is 42.0 cm³/mol. The van der Waals surface area contributed by atoms with Gasteiger partial charge in [0.1, 0.15) is 5.82 Å². The number of methoxy groups -OCH3 is 1. The first-order valence-electron chi connectivity index (χ1n) is 3.57. The van der Waals surface area contributed by atoms with Crippen molar-refractivity contribution in [3.63, 3.8) is 0 Å². The standard InChI is InChI=1S/C7H13N3O/c1-11-5-4-10-3-2-9-7(10)6-8/h2-3H,4-6,8H2,1H3. The van der Waals surface area contributed by atoms with Gasteiger partial charge in [0.25, 0.3) is 0 Å². The lowest BCUT2D eigenvalue weighted by molar-refractivity contribution is 0.186. The van der Waals surface area contributed by atoms with Gasteiger partial charge in [0.05, 0.1) is 13.2 Å². The molecule has 1 heterocycles. The highest BCUT2D eigenvalue weighted by Gasteiger charge is 1.97. The van der Waals surface area contributed by atoms with Gasteiger partial charge in [-0.2, -0.15) is 0 Å². The molecule has 0 aliphatic carbocycles. The van der Waals surface area contributed by atoms with Crippen molar-refractivity contribution in [1.29, 1.82) is 0 Å². The van der Waals surface area contributed by atoms with E-state index in [-0.39, 0.29) is 0 Å². The highest BCUT2D eigenvalue weighted by Crippen LogP contribution is 1.95. The van der Waals surface area contributed by atoms with Gasteiger partial charge in [-0.25, -0.2) is 4.98 Å². The second kappa shape index (κ2) is 4.10. The van der Waals surface area contributed by atoms with Crippen LogP contribution in [0.1, 0.15) is 5.82 Å². The van der Waals surface area contributed by atoms with E-state index in [0.29, 0.717) is 13.2 Å². The number of ether oxygens (including phenoxy) is 1. The molecule has 0 aliphatic heterocycles. The van der Waals surface area contributed by atoms with Crippen LogP contribution in [0.25, 0.3) is 0 Å². The summed E-state index contributed by atoms with van der Waals surface area (Å²) in [5.74, 6) is 0.905. The molecule has 1 aromatic rings. The van der Waals surface area contributed by atoms with E-state index in [0.717, 1.165) is 12.4 Å². The van der Waals surface area contributed by atoms with Crippen LogP contribution >= 0.6 is 0 Å². The fourth-order valence-corrected chi connectivity index (χ4v) is 0.923. The zero-order chi connectivity index (χ0) is 8.10. The van der Waals surface area contributed by atoms with Crippen molar-refractivity contribution >= 4 is 0 Å². The van der Waals surface area contributed by atoms with Crippen molar-refractivity contribution in [3.8, 4) is 0 Å². The van der Waals surface area contributed by atoms with Crippen molar-refractivity contribution < 1.29 is 4.74 Å². The van der Waals surface area contributed by atoms with E-state index in [1.165, 1.54) is 0 Å². The molecule has 0 unspecified atom stereocenters. The highest BCUT2D eigenvalue weighted by atomic mass is 16.5. The minimum atomic E-state index is 0.483. The number of aromatic nitrogens is 2. The Labute approximate surface area is 66.0 Å². The Bertz CT molecular complexity index is 209. The van der Waals surface area contributed by atoms with Gasteiger partial charge < -0.3 is 15.0 Å². The molecule has 0 amide bonds. The molecule has 0 radical (unpaired) electrons. The number of nitrogens with zero attached hydrogens (tertiary/aromatic N) is 2. The molecule has 11 heavy (non-hydrogen) atoms. The van der Waals surface area contributed by atoms with E-state index >= 15 is 0 Å². The summed E-state index contributed by atoms with van der Waals surface area (Å²) in [5.41, 5.74) is 5.44. The Kier molecular flexibility index (Phi) is 3.07. The first-order valence-corrected chi connectivity index (χ1v) is 3.57. The summed E-state index contributed by atoms with van der Waals surface area (Å²) in [6.07, 6.45) is 3.65. The molecule has 4 nitrogen and oxygen atoms in total. The Morgan fingerprint density at radius 2 is 2.55 bits per heavy atom. The first-order chi connectivity index (χ1) is 5.38. The van der Waals surface area contributed by atoms with Gasteiger partial charge in [-0.1, -0.05) is 0 Å². The Morgan fingerprint density at radius 3 is 3.18 bits per heavy atom. The molecule has 0 saturated heterocycles. The number of imidazole rings is 1. The topological polar surface area (TPSA) is 53.1 Å². The zero-order valence-corrected chi connectivity index (χ0v) is 6.66. The van der Waals surface area contributed by atoms with Gasteiger partial charge in [-0.3, -0.25) is 0 Å². The molecule has 2 N–H and O–H groups in total. The van der Waals surface area contributed by atoms with E-state index < -0.39 is 0 Å². The van der Waals surface area contributed by atoms with Crippen LogP contribution in [-0.4, -0.2) is 23.3 Å². The minimum absolute atomic E-state index is 0.483. The van der Waals surface area contributed by atoms with Gasteiger partial charge in [0.15, 0.2) is 0 Å². The Balaban J connectivity index is 2.54. The van der Waals surface area contributed by atoms with Gasteiger partial charge in [0.2, 0.25) is 0 Å². The van der Waals surface area contributed by atoms with Crippen molar-refractivity contribution in [1.82, 2.24) is 9.55 Å². The summed E-state index contributed by atoms with van der Waals surface area (Å²) in [7, 11) is 1.68. The van der Waals surface area contributed by atoms with Crippen LogP contribution in [0.3, 0.4) is 0 Å². The third-order valence-electron chi connectivity index (χ3n) is 1.52. The van der Waals surface area contributed by atoms with E-state index in [9.17, 15) is 0 Å². The van der Waals surface area contributed by atoms with Gasteiger partial charge in [0, 0.05) is 26.0 Å². The van der Waals surface area contributed by atoms with E-state index in [1.807, 2.05) is 10.8 Å². The van der Waals surface area contributed by atoms with Gasteiger partial charge >= 0.3 is 0 Å². The van der Waals surface area contributed by atoms with Crippen LogP contribution in [0.15, 0.2) is 12.4 Å². The predicted octanol–water partition coefficient (Wildman–Crippen LogP) is -0.0118. The number of hydrogen-bond acceptors (Lipinski definition) is 3. The maximum absolute atomic E-state index is 5.44. The normalized spacial score (nSPS) is 10.4. The molecule has 1 rings (SSSR count). The SMILES string of the molecule is COCCn1ccnc1CN. The first kappa shape index (κ1) is 8.23. The second-order valence-corrected chi connectivity index (χ2v) is 2.23. The van der Waals surface area contributed by atoms with Crippen LogP contribution in [0.2, 0.25) is 0 Å². The maximum atomic E-state index is 5.44. The average Bonchev–Trinajstić information content (AvgIpc) is 2.47. The lowest BCUT2D eigenvalue weighted by Crippen LogP contribution is -2.10. The monoisotopic (exact) mass is 155 g/mol. The molecule has 0 atom stereocenters. The van der Waals surface area contributed by atoms with E-state index in [4.69, 9.17) is 10.5 Å². The molecule has 0 aliphatic rings. The smallest absolute Gasteiger partial charge is 0.122 e. The van der Waals surface area contributed by atoms with Crippen molar-refractivity contribution in [2.75, 3.05) is 13.7 Å². The van der Waals surface area contributed by atoms with Crippen molar-refractivity contribution in [2.24, 2.45) is 5.73 Å². The summed E-state index contributed by atoms with van der Waals surface area (Å²) < 4.78 is 6.91. The van der Waals surface area contributed by atoms with E-state index in [2.05, 4.69) is 4.98 Å². The Hall–Kier alpha value is -0.870. The van der Waals surface area contributed by atoms with Crippen molar-refractivity contribution in [2.45, 2.75) is 13.1 Å². The number of nitrogens with two attached hydrogens (primary N) is 1. The zero-order valence-electron chi connectivity index (χ0n) is 6.66. The summed E-state index contributed by atoms with van der Waals surface area (Å²) >= 11 is 0. The summed E-state index contributed by atoms with van der Waals surface area (Å²) in [6, 6.07) is 0. The summed E-state index contributed by atoms with van der Waals surface area (Å²) in [5, 5.41) is 0. The van der Waals surface area contributed by atoms with Gasteiger partial charge in [-0.05, 0) is 0 Å². The molecule has 0 bridgehead atoms. The third-order valence-corrected chi connectivity index (χ3v) is 1.52. The Morgan fingerprint density at radius 1 is 1.73 bits per heavy atom. The van der Waals surface area contributed by atoms with Crippen LogP contribution in [0.5, 0.6) is 0 Å². The lowest BCUT2D eigenvalue weighted by Gasteiger charge is -2.03. The average molecular weight is 155 g/mol. The quantitative estimate of drug-likeness (QED) is 0.665.